The molecule has 0 aromatic heterocycles. The van der Waals surface area contributed by atoms with Crippen LogP contribution in [0.2, 0.25) is 0 Å². The quantitative estimate of drug-likeness (QED) is 0.407. The summed E-state index contributed by atoms with van der Waals surface area (Å²) in [5.74, 6) is -1.56. The number of nitrogens with zero attached hydrogens (tertiary/aromatic N) is 2. The summed E-state index contributed by atoms with van der Waals surface area (Å²) >= 11 is 0. The number of urea groups is 1. The number of carbonyl (C=O) groups is 4. The molecule has 41 heavy (non-hydrogen) atoms. The SMILES string of the molecule is CNC(=O)Nc1ccc2c(c1)CCCC2(C=O)OC(=O)N(C)CC(=O)N1Cc2ccc(F)cc2CC[C@H]1C(F)(F)F. The van der Waals surface area contributed by atoms with Crippen LogP contribution in [-0.2, 0) is 39.3 Å². The number of nitrogens with one attached hydrogen (secondary N) is 2. The maximum absolute atomic E-state index is 14.0. The second-order valence-corrected chi connectivity index (χ2v) is 10.2. The summed E-state index contributed by atoms with van der Waals surface area (Å²) in [6.45, 7) is -1.14. The first kappa shape index (κ1) is 29.8. The molecule has 220 valence electrons. The van der Waals surface area contributed by atoms with Gasteiger partial charge in [0.1, 0.15) is 18.4 Å². The number of ether oxygens (including phenoxy) is 1. The molecule has 0 saturated carbocycles. The molecule has 13 heteroatoms. The topological polar surface area (TPSA) is 108 Å². The van der Waals surface area contributed by atoms with Crippen molar-refractivity contribution in [2.45, 2.75) is 56.5 Å². The van der Waals surface area contributed by atoms with E-state index in [0.717, 1.165) is 11.0 Å². The largest absolute Gasteiger partial charge is 0.430 e. The summed E-state index contributed by atoms with van der Waals surface area (Å²) in [5, 5.41) is 5.06. The van der Waals surface area contributed by atoms with Gasteiger partial charge in [-0.25, -0.2) is 14.0 Å². The van der Waals surface area contributed by atoms with Gasteiger partial charge in [-0.05, 0) is 73.1 Å². The van der Waals surface area contributed by atoms with Crippen molar-refractivity contribution in [3.05, 3.63) is 64.5 Å². The lowest BCUT2D eigenvalue weighted by Crippen LogP contribution is -2.51. The molecule has 0 fully saturated rings. The number of hydrogen-bond acceptors (Lipinski definition) is 5. The Balaban J connectivity index is 1.51. The van der Waals surface area contributed by atoms with Crippen molar-refractivity contribution in [1.29, 1.82) is 0 Å². The monoisotopic (exact) mass is 578 g/mol. The molecule has 2 atom stereocenters. The summed E-state index contributed by atoms with van der Waals surface area (Å²) in [6, 6.07) is 5.87. The zero-order valence-electron chi connectivity index (χ0n) is 22.5. The average molecular weight is 579 g/mol. The lowest BCUT2D eigenvalue weighted by Gasteiger charge is -2.36. The molecule has 2 aliphatic rings. The van der Waals surface area contributed by atoms with Gasteiger partial charge in [-0.2, -0.15) is 13.2 Å². The van der Waals surface area contributed by atoms with E-state index in [4.69, 9.17) is 4.74 Å². The minimum absolute atomic E-state index is 0.0689. The first-order valence-electron chi connectivity index (χ1n) is 13.0. The average Bonchev–Trinajstić information content (AvgIpc) is 3.12. The zero-order valence-corrected chi connectivity index (χ0v) is 22.5. The number of carbonyl (C=O) groups excluding carboxylic acids is 4. The van der Waals surface area contributed by atoms with Crippen LogP contribution in [0.5, 0.6) is 0 Å². The molecule has 2 aromatic carbocycles. The molecule has 4 rings (SSSR count). The van der Waals surface area contributed by atoms with Crippen LogP contribution >= 0.6 is 0 Å². The van der Waals surface area contributed by atoms with E-state index in [1.54, 1.807) is 18.2 Å². The molecule has 1 aliphatic heterocycles. The molecule has 2 aromatic rings. The van der Waals surface area contributed by atoms with Gasteiger partial charge in [0.25, 0.3) is 0 Å². The van der Waals surface area contributed by atoms with Gasteiger partial charge in [-0.1, -0.05) is 12.1 Å². The lowest BCUT2D eigenvalue weighted by molar-refractivity contribution is -0.192. The molecular weight excluding hydrogens is 548 g/mol. The van der Waals surface area contributed by atoms with Crippen LogP contribution in [0.4, 0.5) is 32.8 Å². The van der Waals surface area contributed by atoms with E-state index in [1.165, 1.54) is 26.2 Å². The maximum atomic E-state index is 14.0. The number of alkyl halides is 3. The van der Waals surface area contributed by atoms with Crippen molar-refractivity contribution < 1.29 is 41.5 Å². The number of amides is 4. The van der Waals surface area contributed by atoms with Crippen LogP contribution in [0.15, 0.2) is 36.4 Å². The highest BCUT2D eigenvalue weighted by Crippen LogP contribution is 2.39. The van der Waals surface area contributed by atoms with Gasteiger partial charge in [-0.15, -0.1) is 0 Å². The smallest absolute Gasteiger partial charge is 0.411 e. The molecule has 9 nitrogen and oxygen atoms in total. The Morgan fingerprint density at radius 1 is 1.12 bits per heavy atom. The first-order chi connectivity index (χ1) is 19.4. The van der Waals surface area contributed by atoms with E-state index in [1.807, 2.05) is 0 Å². The van der Waals surface area contributed by atoms with Gasteiger partial charge in [0, 0.05) is 31.9 Å². The van der Waals surface area contributed by atoms with Crippen molar-refractivity contribution in [2.75, 3.05) is 26.0 Å². The minimum Gasteiger partial charge on any atom is -0.430 e. The van der Waals surface area contributed by atoms with E-state index in [-0.39, 0.29) is 12.8 Å². The summed E-state index contributed by atoms with van der Waals surface area (Å²) in [7, 11) is 2.66. The molecule has 1 aliphatic carbocycles. The fourth-order valence-electron chi connectivity index (χ4n) is 5.33. The predicted molar refractivity (Wildman–Crippen MR) is 139 cm³/mol. The molecule has 0 radical (unpaired) electrons. The molecule has 0 bridgehead atoms. The highest BCUT2D eigenvalue weighted by Gasteiger charge is 2.47. The Bertz CT molecular complexity index is 1350. The van der Waals surface area contributed by atoms with Crippen molar-refractivity contribution in [2.24, 2.45) is 0 Å². The Morgan fingerprint density at radius 2 is 1.88 bits per heavy atom. The number of aryl methyl sites for hydroxylation is 2. The van der Waals surface area contributed by atoms with Gasteiger partial charge in [0.05, 0.1) is 0 Å². The van der Waals surface area contributed by atoms with Crippen molar-refractivity contribution in [3.63, 3.8) is 0 Å². The molecule has 2 N–H and O–H groups in total. The van der Waals surface area contributed by atoms with Crippen molar-refractivity contribution in [3.8, 4) is 0 Å². The third kappa shape index (κ3) is 6.44. The number of rotatable bonds is 5. The highest BCUT2D eigenvalue weighted by atomic mass is 19.4. The van der Waals surface area contributed by atoms with E-state index >= 15 is 0 Å². The number of halogens is 4. The zero-order chi connectivity index (χ0) is 29.9. The molecule has 0 saturated heterocycles. The molecule has 1 heterocycles. The van der Waals surface area contributed by atoms with Gasteiger partial charge >= 0.3 is 18.3 Å². The summed E-state index contributed by atoms with van der Waals surface area (Å²) < 4.78 is 61.2. The third-order valence-corrected chi connectivity index (χ3v) is 7.45. The van der Waals surface area contributed by atoms with Crippen molar-refractivity contribution >= 4 is 30.0 Å². The Hall–Kier alpha value is -4.16. The Kier molecular flexibility index (Phi) is 8.55. The Morgan fingerprint density at radius 3 is 2.56 bits per heavy atom. The van der Waals surface area contributed by atoms with Crippen LogP contribution in [0.3, 0.4) is 0 Å². The standard InChI is InChI=1S/C28H30F4N4O5/c1-33-25(39)34-21-8-9-22-18(13-21)4-3-11-27(22,16-37)41-26(40)35(2)15-24(38)36-14-19-5-7-20(29)12-17(19)6-10-23(36)28(30,31)32/h5,7-9,12-13,16,23H,3-4,6,10-11,14-15H2,1-2H3,(H2,33,34,39)/t23-,27?/m0/s1. The number of likely N-dealkylation sites (N-methyl/N-ethyl adjacent to an activating group) is 1. The minimum atomic E-state index is -4.74. The number of hydrogen-bond donors (Lipinski definition) is 2. The van der Waals surface area contributed by atoms with Crippen LogP contribution in [0.25, 0.3) is 0 Å². The third-order valence-electron chi connectivity index (χ3n) is 7.45. The predicted octanol–water partition coefficient (Wildman–Crippen LogP) is 4.28. The normalized spacial score (nSPS) is 20.1. The molecular formula is C28H30F4N4O5. The number of benzene rings is 2. The van der Waals surface area contributed by atoms with Gasteiger partial charge < -0.3 is 25.2 Å². The fourth-order valence-corrected chi connectivity index (χ4v) is 5.33. The number of aldehydes is 1. The second-order valence-electron chi connectivity index (χ2n) is 10.2. The van der Waals surface area contributed by atoms with Crippen LogP contribution < -0.4 is 10.6 Å². The van der Waals surface area contributed by atoms with Crippen LogP contribution in [0.1, 0.15) is 41.5 Å². The Labute approximate surface area is 233 Å². The summed E-state index contributed by atoms with van der Waals surface area (Å²) in [5.41, 5.74) is 0.674. The van der Waals surface area contributed by atoms with E-state index in [0.29, 0.717) is 52.0 Å². The molecule has 0 spiro atoms. The molecule has 1 unspecified atom stereocenters. The van der Waals surface area contributed by atoms with Crippen LogP contribution in [0, 0.1) is 5.82 Å². The number of anilines is 1. The first-order valence-corrected chi connectivity index (χ1v) is 13.0. The summed E-state index contributed by atoms with van der Waals surface area (Å²) in [6.07, 6.45) is -4.64. The van der Waals surface area contributed by atoms with Crippen LogP contribution in [-0.4, -0.2) is 67.0 Å². The number of fused-ring (bicyclic) bond motifs is 2. The lowest BCUT2D eigenvalue weighted by atomic mass is 9.79. The van der Waals surface area contributed by atoms with Crippen molar-refractivity contribution in [1.82, 2.24) is 15.1 Å². The van der Waals surface area contributed by atoms with Gasteiger partial charge in [-0.3, -0.25) is 9.59 Å². The fraction of sp³-hybridized carbons (Fsp3) is 0.429. The van der Waals surface area contributed by atoms with E-state index in [9.17, 15) is 36.7 Å². The van der Waals surface area contributed by atoms with E-state index < -0.39 is 61.2 Å². The van der Waals surface area contributed by atoms with E-state index in [2.05, 4.69) is 10.6 Å². The van der Waals surface area contributed by atoms with Gasteiger partial charge in [0.15, 0.2) is 11.9 Å². The summed E-state index contributed by atoms with van der Waals surface area (Å²) in [4.78, 5) is 51.7. The van der Waals surface area contributed by atoms with Gasteiger partial charge in [0.2, 0.25) is 5.91 Å². The maximum Gasteiger partial charge on any atom is 0.411 e. The second kappa shape index (κ2) is 11.8. The highest BCUT2D eigenvalue weighted by molar-refractivity contribution is 5.89. The molecule has 4 amide bonds.